The lowest BCUT2D eigenvalue weighted by atomic mass is 10.1. The van der Waals surface area contributed by atoms with Crippen LogP contribution in [0.1, 0.15) is 33.4 Å². The van der Waals surface area contributed by atoms with Crippen LogP contribution in [0.15, 0.2) is 70.4 Å². The van der Waals surface area contributed by atoms with Gasteiger partial charge in [-0.1, -0.05) is 12.1 Å². The molecule has 0 aliphatic carbocycles. The van der Waals surface area contributed by atoms with Gasteiger partial charge in [0, 0.05) is 11.3 Å². The minimum absolute atomic E-state index is 0.231. The van der Waals surface area contributed by atoms with Gasteiger partial charge in [-0.3, -0.25) is 9.59 Å². The Morgan fingerprint density at radius 2 is 1.60 bits per heavy atom. The van der Waals surface area contributed by atoms with E-state index in [-0.39, 0.29) is 17.6 Å². The number of hydrogen-bond donors (Lipinski definition) is 2. The molecule has 0 bridgehead atoms. The molecule has 0 aliphatic heterocycles. The minimum Gasteiger partial charge on any atom is -0.493 e. The van der Waals surface area contributed by atoms with E-state index in [0.29, 0.717) is 28.5 Å². The van der Waals surface area contributed by atoms with Crippen LogP contribution in [0, 0.1) is 0 Å². The number of nitrogens with zero attached hydrogens (tertiary/aromatic N) is 1. The average Bonchev–Trinajstić information content (AvgIpc) is 3.32. The molecule has 154 valence electrons. The maximum absolute atomic E-state index is 12.4. The summed E-state index contributed by atoms with van der Waals surface area (Å²) >= 11 is 0. The number of carbonyl (C=O) groups excluding carboxylic acids is 2. The molecule has 0 fully saturated rings. The average molecular weight is 407 g/mol. The molecule has 0 radical (unpaired) electrons. The van der Waals surface area contributed by atoms with Gasteiger partial charge >= 0.3 is 0 Å². The van der Waals surface area contributed by atoms with Crippen molar-refractivity contribution in [1.82, 2.24) is 5.43 Å². The van der Waals surface area contributed by atoms with Crippen LogP contribution >= 0.6 is 0 Å². The summed E-state index contributed by atoms with van der Waals surface area (Å²) in [6, 6.07) is 15.2. The Labute approximate surface area is 173 Å². The van der Waals surface area contributed by atoms with Crippen LogP contribution in [0.2, 0.25) is 0 Å². The largest absolute Gasteiger partial charge is 0.493 e. The van der Waals surface area contributed by atoms with E-state index in [9.17, 15) is 9.59 Å². The highest BCUT2D eigenvalue weighted by Gasteiger charge is 2.11. The lowest BCUT2D eigenvalue weighted by Crippen LogP contribution is -2.19. The second-order valence-corrected chi connectivity index (χ2v) is 6.22. The van der Waals surface area contributed by atoms with Crippen molar-refractivity contribution in [3.05, 3.63) is 77.7 Å². The van der Waals surface area contributed by atoms with E-state index in [1.807, 2.05) is 0 Å². The van der Waals surface area contributed by atoms with Gasteiger partial charge in [0.15, 0.2) is 17.3 Å². The molecule has 0 aliphatic rings. The van der Waals surface area contributed by atoms with Crippen LogP contribution in [0.25, 0.3) is 0 Å². The maximum atomic E-state index is 12.4. The molecule has 1 aromatic heterocycles. The van der Waals surface area contributed by atoms with Gasteiger partial charge in [-0.15, -0.1) is 0 Å². The molecule has 0 atom stereocenters. The Hall–Kier alpha value is -4.07. The standard InChI is InChI=1S/C22H21N3O5/c1-14(24-25-21(26)16-8-11-18(28-2)20(13-16)29-3)15-6-9-17(10-7-15)23-22(27)19-5-4-12-30-19/h4-13H,1-3H3,(H,23,27)(H,25,26)/b24-14+. The number of benzene rings is 2. The number of nitrogens with one attached hydrogen (secondary N) is 2. The number of carbonyl (C=O) groups is 2. The number of anilines is 1. The normalized spacial score (nSPS) is 11.0. The predicted octanol–water partition coefficient (Wildman–Crippen LogP) is 3.70. The number of ether oxygens (including phenoxy) is 2. The lowest BCUT2D eigenvalue weighted by molar-refractivity contribution is 0.0953. The fourth-order valence-corrected chi connectivity index (χ4v) is 2.64. The highest BCUT2D eigenvalue weighted by Crippen LogP contribution is 2.27. The molecule has 1 heterocycles. The zero-order valence-electron chi connectivity index (χ0n) is 16.8. The summed E-state index contributed by atoms with van der Waals surface area (Å²) in [5.74, 6) is 0.513. The van der Waals surface area contributed by atoms with E-state index >= 15 is 0 Å². The van der Waals surface area contributed by atoms with Crippen molar-refractivity contribution < 1.29 is 23.5 Å². The van der Waals surface area contributed by atoms with Crippen molar-refractivity contribution in [3.8, 4) is 11.5 Å². The molecule has 2 aromatic carbocycles. The number of rotatable bonds is 7. The van der Waals surface area contributed by atoms with Crippen LogP contribution in [-0.4, -0.2) is 31.7 Å². The fraction of sp³-hybridized carbons (Fsp3) is 0.136. The summed E-state index contributed by atoms with van der Waals surface area (Å²) in [5, 5.41) is 6.88. The molecule has 30 heavy (non-hydrogen) atoms. The number of methoxy groups -OCH3 is 2. The molecule has 3 aromatic rings. The minimum atomic E-state index is -0.377. The molecule has 0 unspecified atom stereocenters. The maximum Gasteiger partial charge on any atom is 0.291 e. The van der Waals surface area contributed by atoms with Gasteiger partial charge in [0.25, 0.3) is 11.8 Å². The quantitative estimate of drug-likeness (QED) is 0.459. The first-order valence-electron chi connectivity index (χ1n) is 9.03. The van der Waals surface area contributed by atoms with Gasteiger partial charge in [0.05, 0.1) is 26.2 Å². The van der Waals surface area contributed by atoms with Gasteiger partial charge in [-0.2, -0.15) is 5.10 Å². The summed E-state index contributed by atoms with van der Waals surface area (Å²) in [6.07, 6.45) is 1.44. The van der Waals surface area contributed by atoms with Crippen LogP contribution in [0.4, 0.5) is 5.69 Å². The van der Waals surface area contributed by atoms with Gasteiger partial charge < -0.3 is 19.2 Å². The molecule has 8 heteroatoms. The highest BCUT2D eigenvalue weighted by molar-refractivity contribution is 6.03. The van der Waals surface area contributed by atoms with E-state index in [0.717, 1.165) is 5.56 Å². The third-order valence-corrected chi connectivity index (χ3v) is 4.28. The van der Waals surface area contributed by atoms with Crippen LogP contribution < -0.4 is 20.2 Å². The predicted molar refractivity (Wildman–Crippen MR) is 112 cm³/mol. The van der Waals surface area contributed by atoms with E-state index in [1.165, 1.54) is 20.5 Å². The second-order valence-electron chi connectivity index (χ2n) is 6.22. The molecular formula is C22H21N3O5. The van der Waals surface area contributed by atoms with Crippen LogP contribution in [0.3, 0.4) is 0 Å². The molecule has 3 rings (SSSR count). The van der Waals surface area contributed by atoms with Crippen molar-refractivity contribution >= 4 is 23.2 Å². The molecule has 2 amide bonds. The number of amides is 2. The van der Waals surface area contributed by atoms with E-state index < -0.39 is 0 Å². The van der Waals surface area contributed by atoms with Crippen molar-refractivity contribution in [2.75, 3.05) is 19.5 Å². The third kappa shape index (κ3) is 4.85. The van der Waals surface area contributed by atoms with Crippen molar-refractivity contribution in [3.63, 3.8) is 0 Å². The van der Waals surface area contributed by atoms with Gasteiger partial charge in [-0.05, 0) is 55.0 Å². The van der Waals surface area contributed by atoms with Crippen LogP contribution in [-0.2, 0) is 0 Å². The smallest absolute Gasteiger partial charge is 0.291 e. The molecule has 0 saturated heterocycles. The highest BCUT2D eigenvalue weighted by atomic mass is 16.5. The van der Waals surface area contributed by atoms with Crippen LogP contribution in [0.5, 0.6) is 11.5 Å². The summed E-state index contributed by atoms with van der Waals surface area (Å²) in [4.78, 5) is 24.4. The molecule has 8 nitrogen and oxygen atoms in total. The zero-order chi connectivity index (χ0) is 21.5. The lowest BCUT2D eigenvalue weighted by Gasteiger charge is -2.09. The van der Waals surface area contributed by atoms with E-state index in [2.05, 4.69) is 15.8 Å². The van der Waals surface area contributed by atoms with Gasteiger partial charge in [0.2, 0.25) is 0 Å². The Bertz CT molecular complexity index is 1060. The van der Waals surface area contributed by atoms with Crippen molar-refractivity contribution in [1.29, 1.82) is 0 Å². The first-order chi connectivity index (χ1) is 14.5. The Morgan fingerprint density at radius 3 is 2.23 bits per heavy atom. The SMILES string of the molecule is COc1ccc(C(=O)N/N=C(\C)c2ccc(NC(=O)c3ccco3)cc2)cc1OC. The zero-order valence-corrected chi connectivity index (χ0v) is 16.8. The molecule has 0 spiro atoms. The Kier molecular flexibility index (Phi) is 6.49. The fourth-order valence-electron chi connectivity index (χ4n) is 2.64. The summed E-state index contributed by atoms with van der Waals surface area (Å²) in [6.45, 7) is 1.77. The topological polar surface area (TPSA) is 102 Å². The first-order valence-corrected chi connectivity index (χ1v) is 9.03. The number of hydrogen-bond acceptors (Lipinski definition) is 6. The summed E-state index contributed by atoms with van der Waals surface area (Å²) in [7, 11) is 3.03. The van der Waals surface area contributed by atoms with Gasteiger partial charge in [0.1, 0.15) is 0 Å². The van der Waals surface area contributed by atoms with E-state index in [1.54, 1.807) is 61.5 Å². The third-order valence-electron chi connectivity index (χ3n) is 4.28. The number of hydrazone groups is 1. The Balaban J connectivity index is 1.64. The second kappa shape index (κ2) is 9.42. The van der Waals surface area contributed by atoms with E-state index in [4.69, 9.17) is 13.9 Å². The van der Waals surface area contributed by atoms with Crippen molar-refractivity contribution in [2.24, 2.45) is 5.10 Å². The monoisotopic (exact) mass is 407 g/mol. The first kappa shape index (κ1) is 20.7. The summed E-state index contributed by atoms with van der Waals surface area (Å²) in [5.41, 5.74) is 4.92. The number of furan rings is 1. The van der Waals surface area contributed by atoms with Crippen molar-refractivity contribution in [2.45, 2.75) is 6.92 Å². The summed E-state index contributed by atoms with van der Waals surface area (Å²) < 4.78 is 15.4. The van der Waals surface area contributed by atoms with Gasteiger partial charge in [-0.25, -0.2) is 5.43 Å². The molecular weight excluding hydrogens is 386 g/mol. The molecule has 0 saturated carbocycles. The Morgan fingerprint density at radius 1 is 0.900 bits per heavy atom. The molecule has 2 N–H and O–H groups in total.